The van der Waals surface area contributed by atoms with Crippen LogP contribution in [0.3, 0.4) is 0 Å². The average Bonchev–Trinajstić information content (AvgIpc) is 3.20. The van der Waals surface area contributed by atoms with E-state index in [1.807, 2.05) is 24.4 Å². The predicted molar refractivity (Wildman–Crippen MR) is 85.9 cm³/mol. The molecule has 0 amide bonds. The Balaban J connectivity index is 1.97. The molecule has 0 spiro atoms. The maximum absolute atomic E-state index is 4.48. The van der Waals surface area contributed by atoms with Crippen molar-refractivity contribution in [2.75, 3.05) is 0 Å². The first-order chi connectivity index (χ1) is 10.8. The van der Waals surface area contributed by atoms with Crippen LogP contribution < -0.4 is 0 Å². The van der Waals surface area contributed by atoms with Crippen molar-refractivity contribution in [3.05, 3.63) is 60.3 Å². The number of fused-ring (bicyclic) bond motifs is 1. The molecule has 5 heteroatoms. The second kappa shape index (κ2) is 4.80. The van der Waals surface area contributed by atoms with E-state index in [0.717, 1.165) is 28.2 Å². The number of H-pyrrole nitrogens is 1. The summed E-state index contributed by atoms with van der Waals surface area (Å²) in [6.07, 6.45) is 7.28. The summed E-state index contributed by atoms with van der Waals surface area (Å²) in [5, 5.41) is 0. The summed E-state index contributed by atoms with van der Waals surface area (Å²) in [6.45, 7) is 4.21. The molecule has 1 aromatic carbocycles. The zero-order valence-electron chi connectivity index (χ0n) is 12.4. The Kier molecular flexibility index (Phi) is 2.79. The van der Waals surface area contributed by atoms with Gasteiger partial charge in [0.2, 0.25) is 0 Å². The summed E-state index contributed by atoms with van der Waals surface area (Å²) in [5.74, 6) is 0.835. The molecule has 0 saturated heterocycles. The first-order valence-corrected chi connectivity index (χ1v) is 7.14. The Hall–Kier alpha value is -2.95. The van der Waals surface area contributed by atoms with Gasteiger partial charge in [-0.15, -0.1) is 0 Å². The third kappa shape index (κ3) is 1.83. The highest BCUT2D eigenvalue weighted by atomic mass is 15.1. The van der Waals surface area contributed by atoms with Gasteiger partial charge in [0.25, 0.3) is 0 Å². The molecule has 0 aliphatic carbocycles. The number of aromatic amines is 1. The molecule has 0 aliphatic heterocycles. The highest BCUT2D eigenvalue weighted by molar-refractivity contribution is 5.83. The molecule has 5 nitrogen and oxygen atoms in total. The van der Waals surface area contributed by atoms with Gasteiger partial charge in [0.1, 0.15) is 5.69 Å². The van der Waals surface area contributed by atoms with Gasteiger partial charge in [0, 0.05) is 18.6 Å². The highest BCUT2D eigenvalue weighted by Crippen LogP contribution is 2.28. The minimum atomic E-state index is 0.835. The van der Waals surface area contributed by atoms with E-state index < -0.39 is 0 Å². The lowest BCUT2D eigenvalue weighted by Crippen LogP contribution is -2.01. The lowest BCUT2D eigenvalue weighted by Gasteiger charge is -2.13. The van der Waals surface area contributed by atoms with Crippen molar-refractivity contribution >= 4 is 11.0 Å². The Labute approximate surface area is 127 Å². The molecule has 3 aromatic heterocycles. The predicted octanol–water partition coefficient (Wildman–Crippen LogP) is 3.43. The topological polar surface area (TPSA) is 59.4 Å². The zero-order valence-corrected chi connectivity index (χ0v) is 12.4. The van der Waals surface area contributed by atoms with Gasteiger partial charge >= 0.3 is 0 Å². The summed E-state index contributed by atoms with van der Waals surface area (Å²) in [7, 11) is 0. The van der Waals surface area contributed by atoms with Gasteiger partial charge in [0.15, 0.2) is 5.82 Å². The van der Waals surface area contributed by atoms with Crippen LogP contribution in [-0.2, 0) is 0 Å². The highest BCUT2D eigenvalue weighted by Gasteiger charge is 2.14. The van der Waals surface area contributed by atoms with Crippen molar-refractivity contribution in [3.8, 4) is 17.2 Å². The molecule has 0 radical (unpaired) electrons. The van der Waals surface area contributed by atoms with Crippen LogP contribution >= 0.6 is 0 Å². The van der Waals surface area contributed by atoms with Gasteiger partial charge in [-0.3, -0.25) is 9.55 Å². The van der Waals surface area contributed by atoms with Crippen molar-refractivity contribution in [2.45, 2.75) is 13.8 Å². The second-order valence-electron chi connectivity index (χ2n) is 5.28. The van der Waals surface area contributed by atoms with Crippen LogP contribution in [-0.4, -0.2) is 24.5 Å². The first-order valence-electron chi connectivity index (χ1n) is 7.14. The van der Waals surface area contributed by atoms with E-state index in [1.54, 1.807) is 18.7 Å². The Bertz CT molecular complexity index is 950. The van der Waals surface area contributed by atoms with Crippen LogP contribution in [0.15, 0.2) is 49.2 Å². The SMILES string of the molecule is Cc1c(-n2ccnc2-c2ccccn2)cc2[nH]cnc2c1C. The van der Waals surface area contributed by atoms with Crippen LogP contribution in [0.4, 0.5) is 0 Å². The number of rotatable bonds is 2. The third-order valence-electron chi connectivity index (χ3n) is 4.05. The maximum atomic E-state index is 4.48. The molecular formula is C17H15N5. The number of imidazole rings is 2. The molecular weight excluding hydrogens is 274 g/mol. The normalized spacial score (nSPS) is 11.2. The van der Waals surface area contributed by atoms with Crippen molar-refractivity contribution in [2.24, 2.45) is 0 Å². The van der Waals surface area contributed by atoms with Gasteiger partial charge in [-0.1, -0.05) is 6.07 Å². The summed E-state index contributed by atoms with van der Waals surface area (Å²) in [5.41, 5.74) is 6.35. The molecule has 0 unspecified atom stereocenters. The number of nitrogens with one attached hydrogen (secondary N) is 1. The van der Waals surface area contributed by atoms with Gasteiger partial charge in [-0.2, -0.15) is 0 Å². The molecule has 0 bridgehead atoms. The summed E-state index contributed by atoms with van der Waals surface area (Å²) in [6, 6.07) is 7.95. The molecule has 0 aliphatic rings. The van der Waals surface area contributed by atoms with E-state index in [2.05, 4.69) is 44.4 Å². The molecule has 22 heavy (non-hydrogen) atoms. The third-order valence-corrected chi connectivity index (χ3v) is 4.05. The first kappa shape index (κ1) is 12.8. The van der Waals surface area contributed by atoms with Crippen molar-refractivity contribution < 1.29 is 0 Å². The number of nitrogens with zero attached hydrogens (tertiary/aromatic N) is 4. The van der Waals surface area contributed by atoms with Crippen LogP contribution in [0.5, 0.6) is 0 Å². The Morgan fingerprint density at radius 1 is 1.00 bits per heavy atom. The molecule has 0 saturated carbocycles. The lowest BCUT2D eigenvalue weighted by molar-refractivity contribution is 1.03. The number of hydrogen-bond acceptors (Lipinski definition) is 3. The molecule has 4 rings (SSSR count). The quantitative estimate of drug-likeness (QED) is 0.615. The van der Waals surface area contributed by atoms with E-state index in [1.165, 1.54) is 11.1 Å². The number of aryl methyl sites for hydroxylation is 1. The summed E-state index contributed by atoms with van der Waals surface area (Å²) in [4.78, 5) is 16.5. The van der Waals surface area contributed by atoms with Gasteiger partial charge < -0.3 is 4.98 Å². The number of pyridine rings is 1. The van der Waals surface area contributed by atoms with Crippen LogP contribution in [0.2, 0.25) is 0 Å². The van der Waals surface area contributed by atoms with Crippen molar-refractivity contribution in [1.82, 2.24) is 24.5 Å². The Morgan fingerprint density at radius 2 is 1.91 bits per heavy atom. The van der Waals surface area contributed by atoms with E-state index in [9.17, 15) is 0 Å². The monoisotopic (exact) mass is 289 g/mol. The molecule has 3 heterocycles. The van der Waals surface area contributed by atoms with Crippen molar-refractivity contribution in [3.63, 3.8) is 0 Å². The van der Waals surface area contributed by atoms with Gasteiger partial charge in [-0.05, 0) is 43.2 Å². The molecule has 4 aromatic rings. The summed E-state index contributed by atoms with van der Waals surface area (Å²) >= 11 is 0. The fraction of sp³-hybridized carbons (Fsp3) is 0.118. The lowest BCUT2D eigenvalue weighted by atomic mass is 10.1. The number of aromatic nitrogens is 5. The largest absolute Gasteiger partial charge is 0.345 e. The molecule has 1 N–H and O–H groups in total. The van der Waals surface area contributed by atoms with Crippen molar-refractivity contribution in [1.29, 1.82) is 0 Å². The minimum absolute atomic E-state index is 0.835. The van der Waals surface area contributed by atoms with E-state index >= 15 is 0 Å². The maximum Gasteiger partial charge on any atom is 0.163 e. The second-order valence-corrected chi connectivity index (χ2v) is 5.28. The standard InChI is InChI=1S/C17H15N5/c1-11-12(2)16-14(20-10-21-16)9-15(11)22-8-7-19-17(22)13-5-3-4-6-18-13/h3-10H,1-2H3,(H,20,21). The van der Waals surface area contributed by atoms with Crippen LogP contribution in [0.25, 0.3) is 28.2 Å². The molecule has 0 atom stereocenters. The van der Waals surface area contributed by atoms with Gasteiger partial charge in [-0.25, -0.2) is 9.97 Å². The fourth-order valence-electron chi connectivity index (χ4n) is 2.76. The number of hydrogen-bond donors (Lipinski definition) is 1. The minimum Gasteiger partial charge on any atom is -0.345 e. The molecule has 0 fully saturated rings. The van der Waals surface area contributed by atoms with Crippen LogP contribution in [0, 0.1) is 13.8 Å². The number of benzene rings is 1. The fourth-order valence-corrected chi connectivity index (χ4v) is 2.76. The van der Waals surface area contributed by atoms with Crippen LogP contribution in [0.1, 0.15) is 11.1 Å². The van der Waals surface area contributed by atoms with E-state index in [4.69, 9.17) is 0 Å². The van der Waals surface area contributed by atoms with Gasteiger partial charge in [0.05, 0.1) is 23.0 Å². The van der Waals surface area contributed by atoms with E-state index in [-0.39, 0.29) is 0 Å². The smallest absolute Gasteiger partial charge is 0.163 e. The zero-order chi connectivity index (χ0) is 15.1. The Morgan fingerprint density at radius 3 is 2.73 bits per heavy atom. The van der Waals surface area contributed by atoms with E-state index in [0.29, 0.717) is 0 Å². The summed E-state index contributed by atoms with van der Waals surface area (Å²) < 4.78 is 2.07. The molecule has 108 valence electrons. The average molecular weight is 289 g/mol.